The molecule has 0 heterocycles. The zero-order valence-electron chi connectivity index (χ0n) is 7.67. The Kier molecular flexibility index (Phi) is 4.61. The monoisotopic (exact) mass is 174 g/mol. The molecule has 5 heteroatoms. The number of nitrogens with zero attached hydrogens (tertiary/aromatic N) is 1. The highest BCUT2D eigenvalue weighted by atomic mass is 16.3. The molecule has 0 aliphatic carbocycles. The van der Waals surface area contributed by atoms with E-state index in [1.165, 1.54) is 0 Å². The van der Waals surface area contributed by atoms with Gasteiger partial charge in [0.1, 0.15) is 0 Å². The van der Waals surface area contributed by atoms with Crippen LogP contribution in [-0.2, 0) is 0 Å². The maximum atomic E-state index is 8.70. The van der Waals surface area contributed by atoms with E-state index < -0.39 is 0 Å². The Labute approximate surface area is 72.8 Å². The summed E-state index contributed by atoms with van der Waals surface area (Å²) >= 11 is 0. The minimum Gasteiger partial charge on any atom is -0.396 e. The lowest BCUT2D eigenvalue weighted by Gasteiger charge is -2.20. The SMILES string of the molecule is CC(C)(CCO)CN=C(N)NN. The van der Waals surface area contributed by atoms with Crippen molar-refractivity contribution in [3.05, 3.63) is 0 Å². The van der Waals surface area contributed by atoms with Crippen LogP contribution in [0.2, 0.25) is 0 Å². The quantitative estimate of drug-likeness (QED) is 0.194. The van der Waals surface area contributed by atoms with E-state index in [-0.39, 0.29) is 18.0 Å². The van der Waals surface area contributed by atoms with E-state index in [1.54, 1.807) is 0 Å². The van der Waals surface area contributed by atoms with Crippen LogP contribution in [0.1, 0.15) is 20.3 Å². The van der Waals surface area contributed by atoms with Gasteiger partial charge in [0.05, 0.1) is 0 Å². The van der Waals surface area contributed by atoms with Gasteiger partial charge in [-0.25, -0.2) is 5.84 Å². The van der Waals surface area contributed by atoms with E-state index in [9.17, 15) is 0 Å². The van der Waals surface area contributed by atoms with Gasteiger partial charge in [-0.15, -0.1) is 0 Å². The van der Waals surface area contributed by atoms with Gasteiger partial charge in [0.2, 0.25) is 5.96 Å². The second kappa shape index (κ2) is 4.95. The first-order valence-electron chi connectivity index (χ1n) is 3.89. The van der Waals surface area contributed by atoms with Gasteiger partial charge in [0.25, 0.3) is 0 Å². The minimum atomic E-state index is -0.0315. The Bertz CT molecular complexity index is 155. The standard InChI is InChI=1S/C7H18N4O/c1-7(2,3-4-12)5-10-6(8)11-9/h12H,3-5,9H2,1-2H3,(H3,8,10,11). The molecule has 0 aliphatic heterocycles. The summed E-state index contributed by atoms with van der Waals surface area (Å²) in [7, 11) is 0. The molecule has 0 aromatic heterocycles. The number of hydrazine groups is 1. The van der Waals surface area contributed by atoms with Crippen molar-refractivity contribution in [3.63, 3.8) is 0 Å². The van der Waals surface area contributed by atoms with E-state index in [0.29, 0.717) is 13.0 Å². The molecular formula is C7H18N4O. The number of aliphatic hydroxyl groups is 1. The van der Waals surface area contributed by atoms with Gasteiger partial charge in [-0.2, -0.15) is 0 Å². The lowest BCUT2D eigenvalue weighted by atomic mass is 9.90. The summed E-state index contributed by atoms with van der Waals surface area (Å²) in [6, 6.07) is 0. The van der Waals surface area contributed by atoms with E-state index in [4.69, 9.17) is 16.7 Å². The van der Waals surface area contributed by atoms with Crippen LogP contribution in [-0.4, -0.2) is 24.2 Å². The molecular weight excluding hydrogens is 156 g/mol. The van der Waals surface area contributed by atoms with Crippen molar-refractivity contribution in [2.45, 2.75) is 20.3 Å². The average Bonchev–Trinajstić information content (AvgIpc) is 2.00. The number of nitrogens with two attached hydrogens (primary N) is 2. The molecule has 0 rings (SSSR count). The van der Waals surface area contributed by atoms with E-state index in [2.05, 4.69) is 10.4 Å². The number of hydrogen-bond donors (Lipinski definition) is 4. The molecule has 0 aromatic carbocycles. The number of guanidine groups is 1. The molecule has 0 spiro atoms. The highest BCUT2D eigenvalue weighted by molar-refractivity contribution is 5.77. The van der Waals surface area contributed by atoms with Gasteiger partial charge < -0.3 is 10.8 Å². The van der Waals surface area contributed by atoms with Crippen molar-refractivity contribution in [2.24, 2.45) is 22.0 Å². The topological polar surface area (TPSA) is 96.7 Å². The van der Waals surface area contributed by atoms with Crippen LogP contribution in [0.3, 0.4) is 0 Å². The van der Waals surface area contributed by atoms with Crippen molar-refractivity contribution in [2.75, 3.05) is 13.2 Å². The van der Waals surface area contributed by atoms with Crippen molar-refractivity contribution >= 4 is 5.96 Å². The first kappa shape index (κ1) is 11.2. The van der Waals surface area contributed by atoms with E-state index >= 15 is 0 Å². The predicted octanol–water partition coefficient (Wildman–Crippen LogP) is -0.827. The maximum Gasteiger partial charge on any atom is 0.203 e. The molecule has 72 valence electrons. The zero-order valence-corrected chi connectivity index (χ0v) is 7.67. The van der Waals surface area contributed by atoms with Crippen molar-refractivity contribution < 1.29 is 5.11 Å². The van der Waals surface area contributed by atoms with Crippen molar-refractivity contribution in [1.29, 1.82) is 0 Å². The maximum absolute atomic E-state index is 8.70. The number of hydrogen-bond acceptors (Lipinski definition) is 3. The summed E-state index contributed by atoms with van der Waals surface area (Å²) in [5.41, 5.74) is 7.54. The van der Waals surface area contributed by atoms with Gasteiger partial charge in [-0.3, -0.25) is 10.4 Å². The zero-order chi connectivity index (χ0) is 9.61. The summed E-state index contributed by atoms with van der Waals surface area (Å²) in [4.78, 5) is 3.98. The van der Waals surface area contributed by atoms with Gasteiger partial charge in [-0.05, 0) is 11.8 Å². The van der Waals surface area contributed by atoms with Crippen molar-refractivity contribution in [1.82, 2.24) is 5.43 Å². The number of aliphatic imine (C=N–C) groups is 1. The fraction of sp³-hybridized carbons (Fsp3) is 0.857. The average molecular weight is 174 g/mol. The molecule has 0 radical (unpaired) electrons. The predicted molar refractivity (Wildman–Crippen MR) is 49.3 cm³/mol. The molecule has 0 amide bonds. The molecule has 0 bridgehead atoms. The summed E-state index contributed by atoms with van der Waals surface area (Å²) in [6.07, 6.45) is 0.703. The number of aliphatic hydroxyl groups excluding tert-OH is 1. The van der Waals surface area contributed by atoms with Gasteiger partial charge in [-0.1, -0.05) is 13.8 Å². The second-order valence-electron chi connectivity index (χ2n) is 3.48. The number of rotatable bonds is 4. The van der Waals surface area contributed by atoms with Gasteiger partial charge in [0.15, 0.2) is 0 Å². The van der Waals surface area contributed by atoms with E-state index in [0.717, 1.165) is 0 Å². The molecule has 6 N–H and O–H groups in total. The fourth-order valence-corrected chi connectivity index (χ4v) is 0.727. The molecule has 5 nitrogen and oxygen atoms in total. The first-order valence-corrected chi connectivity index (χ1v) is 3.89. The van der Waals surface area contributed by atoms with Crippen molar-refractivity contribution in [3.8, 4) is 0 Å². The second-order valence-corrected chi connectivity index (χ2v) is 3.48. The Morgan fingerprint density at radius 2 is 2.17 bits per heavy atom. The third kappa shape index (κ3) is 4.92. The summed E-state index contributed by atoms with van der Waals surface area (Å²) in [6.45, 7) is 4.75. The molecule has 0 saturated carbocycles. The van der Waals surface area contributed by atoms with Crippen LogP contribution in [0.5, 0.6) is 0 Å². The van der Waals surface area contributed by atoms with Crippen LogP contribution >= 0.6 is 0 Å². The molecule has 0 atom stereocenters. The fourth-order valence-electron chi connectivity index (χ4n) is 0.727. The summed E-state index contributed by atoms with van der Waals surface area (Å²) in [5, 5.41) is 8.70. The van der Waals surface area contributed by atoms with Crippen LogP contribution in [0.15, 0.2) is 4.99 Å². The minimum absolute atomic E-state index is 0.0315. The Balaban J connectivity index is 3.89. The van der Waals surface area contributed by atoms with Crippen LogP contribution in [0.25, 0.3) is 0 Å². The first-order chi connectivity index (χ1) is 5.52. The van der Waals surface area contributed by atoms with E-state index in [1.807, 2.05) is 13.8 Å². The smallest absolute Gasteiger partial charge is 0.203 e. The van der Waals surface area contributed by atoms with Gasteiger partial charge >= 0.3 is 0 Å². The molecule has 0 saturated heterocycles. The van der Waals surface area contributed by atoms with Crippen LogP contribution in [0, 0.1) is 5.41 Å². The lowest BCUT2D eigenvalue weighted by Crippen LogP contribution is -2.38. The number of nitrogens with one attached hydrogen (secondary N) is 1. The van der Waals surface area contributed by atoms with Gasteiger partial charge in [0, 0.05) is 13.2 Å². The Morgan fingerprint density at radius 1 is 1.58 bits per heavy atom. The summed E-state index contributed by atoms with van der Waals surface area (Å²) < 4.78 is 0. The largest absolute Gasteiger partial charge is 0.396 e. The Hall–Kier alpha value is -0.810. The van der Waals surface area contributed by atoms with Crippen LogP contribution in [0.4, 0.5) is 0 Å². The highest BCUT2D eigenvalue weighted by Gasteiger charge is 2.16. The summed E-state index contributed by atoms with van der Waals surface area (Å²) in [5.74, 6) is 5.24. The third-order valence-electron chi connectivity index (χ3n) is 1.61. The molecule has 12 heavy (non-hydrogen) atoms. The third-order valence-corrected chi connectivity index (χ3v) is 1.61. The van der Waals surface area contributed by atoms with Crippen LogP contribution < -0.4 is 17.0 Å². The lowest BCUT2D eigenvalue weighted by molar-refractivity contribution is 0.217. The molecule has 0 unspecified atom stereocenters. The highest BCUT2D eigenvalue weighted by Crippen LogP contribution is 2.19. The Morgan fingerprint density at radius 3 is 2.58 bits per heavy atom. The normalized spacial score (nSPS) is 13.2. The molecule has 0 fully saturated rings. The molecule has 0 aliphatic rings. The molecule has 0 aromatic rings.